The van der Waals surface area contributed by atoms with Crippen molar-refractivity contribution >= 4 is 16.9 Å². The molecular weight excluding hydrogens is 372 g/mol. The van der Waals surface area contributed by atoms with Crippen LogP contribution in [0.15, 0.2) is 30.5 Å². The lowest BCUT2D eigenvalue weighted by Crippen LogP contribution is -2.67. The first kappa shape index (κ1) is 20.1. The van der Waals surface area contributed by atoms with E-state index in [4.69, 9.17) is 9.47 Å². The average Bonchev–Trinajstić information content (AvgIpc) is 2.71. The van der Waals surface area contributed by atoms with Gasteiger partial charge in [-0.1, -0.05) is 0 Å². The summed E-state index contributed by atoms with van der Waals surface area (Å²) in [5.74, 6) is 0.316. The van der Waals surface area contributed by atoms with Crippen molar-refractivity contribution in [3.63, 3.8) is 0 Å². The van der Waals surface area contributed by atoms with Gasteiger partial charge in [-0.2, -0.15) is 0 Å². The van der Waals surface area contributed by atoms with Crippen LogP contribution in [0.4, 0.5) is 0 Å². The molecule has 7 nitrogen and oxygen atoms in total. The van der Waals surface area contributed by atoms with Crippen molar-refractivity contribution < 1.29 is 24.5 Å². The highest BCUT2D eigenvalue weighted by Gasteiger charge is 2.54. The number of carbonyl (C=O) groups excluding carboxylic acids is 1. The summed E-state index contributed by atoms with van der Waals surface area (Å²) in [6.45, 7) is 4.22. The van der Waals surface area contributed by atoms with E-state index < -0.39 is 17.8 Å². The highest BCUT2D eigenvalue weighted by atomic mass is 16.5. The number of ether oxygens (including phenoxy) is 2. The van der Waals surface area contributed by atoms with E-state index in [1.165, 1.54) is 6.92 Å². The highest BCUT2D eigenvalue weighted by molar-refractivity contribution is 5.84. The molecule has 6 atom stereocenters. The van der Waals surface area contributed by atoms with Gasteiger partial charge in [0.1, 0.15) is 17.5 Å². The van der Waals surface area contributed by atoms with E-state index in [1.54, 1.807) is 20.2 Å². The normalized spacial score (nSPS) is 30.7. The first-order chi connectivity index (χ1) is 13.8. The fourth-order valence-electron chi connectivity index (χ4n) is 4.99. The molecule has 0 radical (unpaired) electrons. The van der Waals surface area contributed by atoms with Gasteiger partial charge in [0.25, 0.3) is 0 Å². The molecule has 3 aliphatic rings. The molecule has 3 fully saturated rings. The van der Waals surface area contributed by atoms with E-state index in [0.29, 0.717) is 18.7 Å². The van der Waals surface area contributed by atoms with E-state index in [9.17, 15) is 15.0 Å². The Balaban J connectivity index is 1.76. The molecule has 1 aromatic heterocycles. The highest BCUT2D eigenvalue weighted by Crippen LogP contribution is 2.46. The predicted octanol–water partition coefficient (Wildman–Crippen LogP) is 2.05. The monoisotopic (exact) mass is 400 g/mol. The van der Waals surface area contributed by atoms with Crippen LogP contribution in [0, 0.1) is 5.92 Å². The van der Waals surface area contributed by atoms with E-state index in [1.807, 2.05) is 24.3 Å². The van der Waals surface area contributed by atoms with Gasteiger partial charge in [-0.3, -0.25) is 14.7 Å². The number of pyridine rings is 1. The number of hydrogen-bond donors (Lipinski definition) is 2. The summed E-state index contributed by atoms with van der Waals surface area (Å²) in [4.78, 5) is 18.6. The maximum Gasteiger partial charge on any atom is 0.303 e. The summed E-state index contributed by atoms with van der Waals surface area (Å²) in [6.07, 6.45) is 1.88. The van der Waals surface area contributed by atoms with Gasteiger partial charge in [0, 0.05) is 30.6 Å². The number of aromatic nitrogens is 1. The fourth-order valence-corrected chi connectivity index (χ4v) is 4.99. The Labute approximate surface area is 170 Å². The minimum absolute atomic E-state index is 0.0433. The quantitative estimate of drug-likeness (QED) is 0.742. The molecular formula is C22H28N2O5. The summed E-state index contributed by atoms with van der Waals surface area (Å²) in [5, 5.41) is 22.0. The molecule has 5 rings (SSSR count). The lowest BCUT2D eigenvalue weighted by Gasteiger charge is -2.56. The molecule has 2 aromatic rings. The summed E-state index contributed by atoms with van der Waals surface area (Å²) in [5.41, 5.74) is 0.554. The third kappa shape index (κ3) is 3.47. The van der Waals surface area contributed by atoms with Gasteiger partial charge in [-0.25, -0.2) is 0 Å². The van der Waals surface area contributed by atoms with E-state index in [2.05, 4.69) is 9.88 Å². The van der Waals surface area contributed by atoms with Gasteiger partial charge in [-0.15, -0.1) is 0 Å². The zero-order valence-corrected chi connectivity index (χ0v) is 17.0. The zero-order valence-electron chi connectivity index (χ0n) is 17.0. The number of methoxy groups -OCH3 is 1. The number of piperidine rings is 3. The van der Waals surface area contributed by atoms with Crippen LogP contribution >= 0.6 is 0 Å². The average molecular weight is 400 g/mol. The molecule has 2 unspecified atom stereocenters. The van der Waals surface area contributed by atoms with Crippen LogP contribution in [0.25, 0.3) is 10.9 Å². The van der Waals surface area contributed by atoms with E-state index in [-0.39, 0.29) is 17.9 Å². The van der Waals surface area contributed by atoms with Crippen LogP contribution in [0.3, 0.4) is 0 Å². The Kier molecular flexibility index (Phi) is 5.23. The standard InChI is InChI=1S/C22H28N2O5/c1-13(25)22(27)12-24-9-7-15(22)10-20(24)21(29-14(2)26)17-6-8-23-19-5-4-16(28-3)11-18(17)19/h4-6,8,11,13,15,20-21,25,27H,7,9-10,12H2,1-3H3/t13?,15-,20+,21-,22-/m0/s1. The van der Waals surface area contributed by atoms with Crippen molar-refractivity contribution in [3.8, 4) is 5.75 Å². The number of hydrogen-bond acceptors (Lipinski definition) is 7. The maximum absolute atomic E-state index is 12.0. The molecule has 29 heavy (non-hydrogen) atoms. The third-order valence-electron chi connectivity index (χ3n) is 6.58. The Bertz CT molecular complexity index is 917. The SMILES string of the molecule is COc1ccc2nccc([C@H](OC(C)=O)[C@H]3C[C@@H]4CCN3C[C@]4(O)C(C)O)c2c1. The van der Waals surface area contributed by atoms with Crippen LogP contribution in [-0.4, -0.2) is 64.0 Å². The van der Waals surface area contributed by atoms with Crippen LogP contribution in [0.5, 0.6) is 5.75 Å². The Hall–Kier alpha value is -2.22. The van der Waals surface area contributed by atoms with E-state index >= 15 is 0 Å². The van der Waals surface area contributed by atoms with Crippen molar-refractivity contribution in [1.82, 2.24) is 9.88 Å². The number of aliphatic hydroxyl groups excluding tert-OH is 1. The first-order valence-corrected chi connectivity index (χ1v) is 10.1. The first-order valence-electron chi connectivity index (χ1n) is 10.1. The molecule has 2 bridgehead atoms. The molecule has 3 saturated heterocycles. The van der Waals surface area contributed by atoms with Crippen LogP contribution in [-0.2, 0) is 9.53 Å². The number of benzene rings is 1. The van der Waals surface area contributed by atoms with Crippen LogP contribution < -0.4 is 4.74 Å². The number of nitrogens with zero attached hydrogens (tertiary/aromatic N) is 2. The number of carbonyl (C=O) groups is 1. The fraction of sp³-hybridized carbons (Fsp3) is 0.545. The van der Waals surface area contributed by atoms with Gasteiger partial charge in [0.15, 0.2) is 0 Å². The molecule has 3 aliphatic heterocycles. The topological polar surface area (TPSA) is 92.1 Å². The minimum Gasteiger partial charge on any atom is -0.497 e. The number of fused-ring (bicyclic) bond motifs is 4. The van der Waals surface area contributed by atoms with Gasteiger partial charge < -0.3 is 19.7 Å². The van der Waals surface area contributed by atoms with Gasteiger partial charge in [0.05, 0.1) is 24.8 Å². The molecule has 2 N–H and O–H groups in total. The van der Waals surface area contributed by atoms with Crippen molar-refractivity contribution in [3.05, 3.63) is 36.0 Å². The second kappa shape index (κ2) is 7.55. The Morgan fingerprint density at radius 2 is 2.17 bits per heavy atom. The van der Waals surface area contributed by atoms with Gasteiger partial charge in [-0.05, 0) is 56.5 Å². The predicted molar refractivity (Wildman–Crippen MR) is 108 cm³/mol. The number of rotatable bonds is 5. The van der Waals surface area contributed by atoms with Crippen LogP contribution in [0.2, 0.25) is 0 Å². The lowest BCUT2D eigenvalue weighted by atomic mass is 9.68. The Morgan fingerprint density at radius 1 is 1.38 bits per heavy atom. The molecule has 0 spiro atoms. The van der Waals surface area contributed by atoms with Crippen LogP contribution in [0.1, 0.15) is 38.4 Å². The zero-order chi connectivity index (χ0) is 20.8. The van der Waals surface area contributed by atoms with Gasteiger partial charge >= 0.3 is 5.97 Å². The summed E-state index contributed by atoms with van der Waals surface area (Å²) in [6, 6.07) is 7.47. The van der Waals surface area contributed by atoms with Crippen molar-refractivity contribution in [2.45, 2.75) is 50.5 Å². The number of aliphatic hydroxyl groups is 2. The molecule has 7 heteroatoms. The molecule has 156 valence electrons. The smallest absolute Gasteiger partial charge is 0.303 e. The molecule has 4 heterocycles. The second-order valence-corrected chi connectivity index (χ2v) is 8.24. The summed E-state index contributed by atoms with van der Waals surface area (Å²) in [7, 11) is 1.61. The molecule has 0 amide bonds. The van der Waals surface area contributed by atoms with E-state index in [0.717, 1.165) is 29.4 Å². The summed E-state index contributed by atoms with van der Waals surface area (Å²) >= 11 is 0. The largest absolute Gasteiger partial charge is 0.497 e. The maximum atomic E-state index is 12.0. The van der Waals surface area contributed by atoms with Crippen molar-refractivity contribution in [2.75, 3.05) is 20.2 Å². The van der Waals surface area contributed by atoms with Crippen molar-refractivity contribution in [2.24, 2.45) is 5.92 Å². The molecule has 1 aromatic carbocycles. The third-order valence-corrected chi connectivity index (χ3v) is 6.58. The van der Waals surface area contributed by atoms with Crippen molar-refractivity contribution in [1.29, 1.82) is 0 Å². The lowest BCUT2D eigenvalue weighted by molar-refractivity contribution is -0.199. The molecule has 0 aliphatic carbocycles. The number of esters is 1. The molecule has 0 saturated carbocycles. The van der Waals surface area contributed by atoms with Gasteiger partial charge in [0.2, 0.25) is 0 Å². The minimum atomic E-state index is -1.13. The summed E-state index contributed by atoms with van der Waals surface area (Å²) < 4.78 is 11.2. The second-order valence-electron chi connectivity index (χ2n) is 8.24. The Morgan fingerprint density at radius 3 is 2.79 bits per heavy atom.